The van der Waals surface area contributed by atoms with E-state index in [2.05, 4.69) is 32.3 Å². The molecule has 3 aromatic rings. The molecule has 0 aliphatic carbocycles. The monoisotopic (exact) mass is 476 g/mol. The maximum atomic E-state index is 12.7. The standard InChI is InChI=1S/C25H28N6O4/c1-19-17-23(32)24(27-30(19)21-9-5-6-10-22(21)31(34)35)25(33)26-11-12-28-13-15-29(16-14-28)18-20-7-3-2-4-8-20/h2-10,17H,11-16,18H2,1H3,(H,26,33). The first-order valence-electron chi connectivity index (χ1n) is 11.5. The summed E-state index contributed by atoms with van der Waals surface area (Å²) in [5.74, 6) is -0.593. The molecule has 0 atom stereocenters. The van der Waals surface area contributed by atoms with Gasteiger partial charge in [0.15, 0.2) is 5.69 Å². The van der Waals surface area contributed by atoms with Crippen molar-refractivity contribution in [3.05, 3.63) is 98.0 Å². The third kappa shape index (κ3) is 5.97. The van der Waals surface area contributed by atoms with Gasteiger partial charge in [0, 0.05) is 63.6 Å². The molecule has 1 saturated heterocycles. The number of nitrogens with zero attached hydrogens (tertiary/aromatic N) is 5. The van der Waals surface area contributed by atoms with E-state index in [1.165, 1.54) is 28.4 Å². The van der Waals surface area contributed by atoms with Crippen molar-refractivity contribution in [3.63, 3.8) is 0 Å². The van der Waals surface area contributed by atoms with Gasteiger partial charge in [0.2, 0.25) is 5.43 Å². The number of carbonyl (C=O) groups excluding carboxylic acids is 1. The number of para-hydroxylation sites is 2. The van der Waals surface area contributed by atoms with Crippen molar-refractivity contribution >= 4 is 11.6 Å². The van der Waals surface area contributed by atoms with Crippen LogP contribution in [0.4, 0.5) is 5.69 Å². The minimum atomic E-state index is -0.593. The maximum Gasteiger partial charge on any atom is 0.294 e. The topological polar surface area (TPSA) is 114 Å². The zero-order chi connectivity index (χ0) is 24.8. The molecule has 1 aliphatic heterocycles. The molecule has 10 nitrogen and oxygen atoms in total. The highest BCUT2D eigenvalue weighted by atomic mass is 16.6. The van der Waals surface area contributed by atoms with Crippen LogP contribution < -0.4 is 10.7 Å². The first-order valence-corrected chi connectivity index (χ1v) is 11.5. The molecule has 182 valence electrons. The van der Waals surface area contributed by atoms with E-state index in [0.717, 1.165) is 32.7 Å². The summed E-state index contributed by atoms with van der Waals surface area (Å²) in [5.41, 5.74) is 0.909. The molecule has 0 saturated carbocycles. The number of piperazine rings is 1. The number of nitrogens with one attached hydrogen (secondary N) is 1. The van der Waals surface area contributed by atoms with Crippen molar-refractivity contribution in [2.45, 2.75) is 13.5 Å². The summed E-state index contributed by atoms with van der Waals surface area (Å²) in [4.78, 5) is 40.8. The van der Waals surface area contributed by atoms with Gasteiger partial charge < -0.3 is 5.32 Å². The molecule has 4 rings (SSSR count). The van der Waals surface area contributed by atoms with Gasteiger partial charge in [-0.25, -0.2) is 4.68 Å². The number of benzene rings is 2. The molecule has 2 aromatic carbocycles. The predicted octanol–water partition coefficient (Wildman–Crippen LogP) is 2.00. The minimum absolute atomic E-state index is 0.162. The van der Waals surface area contributed by atoms with Gasteiger partial charge >= 0.3 is 0 Å². The average Bonchev–Trinajstić information content (AvgIpc) is 2.86. The van der Waals surface area contributed by atoms with Gasteiger partial charge in [-0.05, 0) is 18.6 Å². The highest BCUT2D eigenvalue weighted by molar-refractivity contribution is 5.92. The van der Waals surface area contributed by atoms with Crippen molar-refractivity contribution < 1.29 is 9.72 Å². The summed E-state index contributed by atoms with van der Waals surface area (Å²) in [6.07, 6.45) is 0. The van der Waals surface area contributed by atoms with Crippen LogP contribution in [0.25, 0.3) is 5.69 Å². The minimum Gasteiger partial charge on any atom is -0.349 e. The lowest BCUT2D eigenvalue weighted by Crippen LogP contribution is -2.48. The summed E-state index contributed by atoms with van der Waals surface area (Å²) in [6.45, 7) is 7.27. The fourth-order valence-electron chi connectivity index (χ4n) is 4.17. The van der Waals surface area contributed by atoms with E-state index in [-0.39, 0.29) is 17.1 Å². The number of rotatable bonds is 8. The first kappa shape index (κ1) is 24.2. The predicted molar refractivity (Wildman–Crippen MR) is 132 cm³/mol. The molecule has 2 heterocycles. The van der Waals surface area contributed by atoms with Crippen molar-refractivity contribution in [3.8, 4) is 5.69 Å². The van der Waals surface area contributed by atoms with E-state index in [1.54, 1.807) is 19.1 Å². The molecule has 1 amide bonds. The van der Waals surface area contributed by atoms with Crippen molar-refractivity contribution in [2.24, 2.45) is 0 Å². The van der Waals surface area contributed by atoms with Gasteiger partial charge in [-0.3, -0.25) is 29.5 Å². The van der Waals surface area contributed by atoms with Crippen molar-refractivity contribution in [1.82, 2.24) is 24.9 Å². The second kappa shape index (κ2) is 11.0. The van der Waals surface area contributed by atoms with Gasteiger partial charge in [-0.1, -0.05) is 42.5 Å². The zero-order valence-corrected chi connectivity index (χ0v) is 19.6. The Hall–Kier alpha value is -3.89. The van der Waals surface area contributed by atoms with E-state index < -0.39 is 16.3 Å². The molecule has 1 fully saturated rings. The number of aryl methyl sites for hydroxylation is 1. The van der Waals surface area contributed by atoms with E-state index in [1.807, 2.05) is 18.2 Å². The van der Waals surface area contributed by atoms with Gasteiger partial charge in [-0.2, -0.15) is 5.10 Å². The Morgan fingerprint density at radius 3 is 2.40 bits per heavy atom. The van der Waals surface area contributed by atoms with Gasteiger partial charge in [-0.15, -0.1) is 0 Å². The van der Waals surface area contributed by atoms with Crippen molar-refractivity contribution in [2.75, 3.05) is 39.3 Å². The molecule has 0 bridgehead atoms. The first-order chi connectivity index (χ1) is 16.9. The van der Waals surface area contributed by atoms with Crippen LogP contribution in [0.2, 0.25) is 0 Å². The Labute approximate surface area is 202 Å². The molecule has 0 unspecified atom stereocenters. The summed E-state index contributed by atoms with van der Waals surface area (Å²) < 4.78 is 1.26. The second-order valence-electron chi connectivity index (χ2n) is 8.52. The van der Waals surface area contributed by atoms with Crippen LogP contribution in [-0.4, -0.2) is 69.7 Å². The average molecular weight is 477 g/mol. The van der Waals surface area contributed by atoms with E-state index in [4.69, 9.17) is 0 Å². The number of hydrogen-bond donors (Lipinski definition) is 1. The zero-order valence-electron chi connectivity index (χ0n) is 19.6. The number of nitro benzene ring substituents is 1. The lowest BCUT2D eigenvalue weighted by molar-refractivity contribution is -0.384. The molecule has 1 aliphatic rings. The number of hydrogen-bond acceptors (Lipinski definition) is 7. The molecule has 10 heteroatoms. The van der Waals surface area contributed by atoms with E-state index in [0.29, 0.717) is 18.8 Å². The van der Waals surface area contributed by atoms with Crippen LogP contribution in [0.5, 0.6) is 0 Å². The third-order valence-electron chi connectivity index (χ3n) is 6.06. The number of aromatic nitrogens is 2. The fourth-order valence-corrected chi connectivity index (χ4v) is 4.17. The Bertz CT molecular complexity index is 1250. The lowest BCUT2D eigenvalue weighted by Gasteiger charge is -2.34. The highest BCUT2D eigenvalue weighted by Gasteiger charge is 2.21. The van der Waals surface area contributed by atoms with Crippen LogP contribution in [0.1, 0.15) is 21.7 Å². The van der Waals surface area contributed by atoms with Crippen LogP contribution in [0.15, 0.2) is 65.5 Å². The Morgan fingerprint density at radius 1 is 1.03 bits per heavy atom. The molecular weight excluding hydrogens is 448 g/mol. The lowest BCUT2D eigenvalue weighted by atomic mass is 10.2. The van der Waals surface area contributed by atoms with E-state index >= 15 is 0 Å². The fraction of sp³-hybridized carbons (Fsp3) is 0.320. The van der Waals surface area contributed by atoms with Crippen molar-refractivity contribution in [1.29, 1.82) is 0 Å². The highest BCUT2D eigenvalue weighted by Crippen LogP contribution is 2.22. The summed E-state index contributed by atoms with van der Waals surface area (Å²) >= 11 is 0. The molecule has 0 radical (unpaired) electrons. The molecular formula is C25H28N6O4. The largest absolute Gasteiger partial charge is 0.349 e. The SMILES string of the molecule is Cc1cc(=O)c(C(=O)NCCN2CCN(Cc3ccccc3)CC2)nn1-c1ccccc1[N+](=O)[O-]. The summed E-state index contributed by atoms with van der Waals surface area (Å²) in [7, 11) is 0. The third-order valence-corrected chi connectivity index (χ3v) is 6.06. The molecule has 35 heavy (non-hydrogen) atoms. The smallest absolute Gasteiger partial charge is 0.294 e. The molecule has 1 N–H and O–H groups in total. The van der Waals surface area contributed by atoms with Crippen LogP contribution in [0, 0.1) is 17.0 Å². The summed E-state index contributed by atoms with van der Waals surface area (Å²) in [5, 5.41) is 18.3. The number of nitro groups is 1. The Kier molecular flexibility index (Phi) is 7.64. The number of carbonyl (C=O) groups is 1. The van der Waals surface area contributed by atoms with Gasteiger partial charge in [0.1, 0.15) is 5.69 Å². The molecule has 0 spiro atoms. The quantitative estimate of drug-likeness (QED) is 0.391. The second-order valence-corrected chi connectivity index (χ2v) is 8.52. The normalized spacial score (nSPS) is 14.5. The van der Waals surface area contributed by atoms with Crippen LogP contribution in [0.3, 0.4) is 0 Å². The van der Waals surface area contributed by atoms with E-state index in [9.17, 15) is 19.7 Å². The van der Waals surface area contributed by atoms with Crippen LogP contribution >= 0.6 is 0 Å². The van der Waals surface area contributed by atoms with Gasteiger partial charge in [0.25, 0.3) is 11.6 Å². The maximum absolute atomic E-state index is 12.7. The Morgan fingerprint density at radius 2 is 1.69 bits per heavy atom. The van der Waals surface area contributed by atoms with Crippen LogP contribution in [-0.2, 0) is 6.54 Å². The van der Waals surface area contributed by atoms with Gasteiger partial charge in [0.05, 0.1) is 4.92 Å². The summed E-state index contributed by atoms with van der Waals surface area (Å²) in [6, 6.07) is 17.7. The Balaban J connectivity index is 1.34. The number of amides is 1. The molecule has 1 aromatic heterocycles.